The van der Waals surface area contributed by atoms with E-state index >= 15 is 0 Å². The van der Waals surface area contributed by atoms with E-state index in [1.165, 1.54) is 12.1 Å². The van der Waals surface area contributed by atoms with Crippen LogP contribution in [0.3, 0.4) is 0 Å². The Morgan fingerprint density at radius 2 is 1.50 bits per heavy atom. The van der Waals surface area contributed by atoms with Crippen molar-refractivity contribution in [3.63, 3.8) is 0 Å². The average Bonchev–Trinajstić information content (AvgIpc) is 2.72. The fourth-order valence-electron chi connectivity index (χ4n) is 3.27. The molecule has 5 heteroatoms. The maximum Gasteiger partial charge on any atom is 0.236 e. The molecule has 4 nitrogen and oxygen atoms in total. The van der Waals surface area contributed by atoms with Crippen molar-refractivity contribution in [1.82, 2.24) is 4.98 Å². The minimum Gasteiger partial charge on any atom is -0.372 e. The molecule has 1 amide bonds. The standard InChI is InChI=1S/C23H24FN3O/c1-3-27(4-2)21-11-9-20(10-12-21)26-23(28)22(18-13-15-25-16-14-18)17-5-7-19(24)8-6-17/h5-16,22H,3-4H2,1-2H3,(H,26,28). The highest BCUT2D eigenvalue weighted by atomic mass is 19.1. The van der Waals surface area contributed by atoms with Crippen LogP contribution < -0.4 is 10.2 Å². The summed E-state index contributed by atoms with van der Waals surface area (Å²) in [6.07, 6.45) is 3.30. The van der Waals surface area contributed by atoms with Crippen LogP contribution in [0.4, 0.5) is 15.8 Å². The number of amides is 1. The normalized spacial score (nSPS) is 11.7. The number of carbonyl (C=O) groups excluding carboxylic acids is 1. The molecule has 0 fully saturated rings. The lowest BCUT2D eigenvalue weighted by atomic mass is 9.91. The largest absolute Gasteiger partial charge is 0.372 e. The molecule has 0 radical (unpaired) electrons. The molecule has 0 aliphatic carbocycles. The number of aromatic nitrogens is 1. The lowest BCUT2D eigenvalue weighted by molar-refractivity contribution is -0.116. The van der Waals surface area contributed by atoms with Crippen LogP contribution in [0.15, 0.2) is 73.1 Å². The summed E-state index contributed by atoms with van der Waals surface area (Å²) in [7, 11) is 0. The number of hydrogen-bond donors (Lipinski definition) is 1. The number of benzene rings is 2. The summed E-state index contributed by atoms with van der Waals surface area (Å²) >= 11 is 0. The zero-order chi connectivity index (χ0) is 19.9. The van der Waals surface area contributed by atoms with Gasteiger partial charge in [-0.2, -0.15) is 0 Å². The first kappa shape index (κ1) is 19.5. The molecule has 1 unspecified atom stereocenters. The first-order chi connectivity index (χ1) is 13.6. The van der Waals surface area contributed by atoms with Crippen LogP contribution in [-0.2, 0) is 4.79 Å². The number of anilines is 2. The second-order valence-corrected chi connectivity index (χ2v) is 6.47. The minimum atomic E-state index is -0.550. The fourth-order valence-corrected chi connectivity index (χ4v) is 3.27. The van der Waals surface area contributed by atoms with Crippen molar-refractivity contribution >= 4 is 17.3 Å². The number of rotatable bonds is 7. The Kier molecular flexibility index (Phi) is 6.37. The molecule has 2 aromatic carbocycles. The van der Waals surface area contributed by atoms with Crippen LogP contribution in [0.2, 0.25) is 0 Å². The van der Waals surface area contributed by atoms with Crippen molar-refractivity contribution in [3.8, 4) is 0 Å². The fraction of sp³-hybridized carbons (Fsp3) is 0.217. The molecule has 0 aliphatic rings. The second kappa shape index (κ2) is 9.13. The topological polar surface area (TPSA) is 45.2 Å². The molecule has 3 rings (SSSR count). The number of halogens is 1. The predicted molar refractivity (Wildman–Crippen MR) is 111 cm³/mol. The maximum absolute atomic E-state index is 13.3. The zero-order valence-electron chi connectivity index (χ0n) is 16.1. The molecule has 144 valence electrons. The molecule has 0 spiro atoms. The Bertz CT molecular complexity index is 891. The molecule has 0 saturated carbocycles. The van der Waals surface area contributed by atoms with Gasteiger partial charge >= 0.3 is 0 Å². The molecular weight excluding hydrogens is 353 g/mol. The van der Waals surface area contributed by atoms with E-state index in [0.717, 1.165) is 35.6 Å². The van der Waals surface area contributed by atoms with E-state index in [2.05, 4.69) is 29.0 Å². The van der Waals surface area contributed by atoms with Gasteiger partial charge in [-0.15, -0.1) is 0 Å². The summed E-state index contributed by atoms with van der Waals surface area (Å²) in [6.45, 7) is 6.08. The molecule has 0 aliphatic heterocycles. The first-order valence-corrected chi connectivity index (χ1v) is 9.43. The third kappa shape index (κ3) is 4.55. The van der Waals surface area contributed by atoms with Crippen LogP contribution in [0.25, 0.3) is 0 Å². The Morgan fingerprint density at radius 1 is 0.929 bits per heavy atom. The van der Waals surface area contributed by atoms with Gasteiger partial charge < -0.3 is 10.2 Å². The van der Waals surface area contributed by atoms with Crippen molar-refractivity contribution in [2.75, 3.05) is 23.3 Å². The monoisotopic (exact) mass is 377 g/mol. The molecular formula is C23H24FN3O. The van der Waals surface area contributed by atoms with Crippen LogP contribution in [0.5, 0.6) is 0 Å². The summed E-state index contributed by atoms with van der Waals surface area (Å²) in [4.78, 5) is 19.4. The first-order valence-electron chi connectivity index (χ1n) is 9.43. The van der Waals surface area contributed by atoms with Crippen molar-refractivity contribution < 1.29 is 9.18 Å². The number of hydrogen-bond acceptors (Lipinski definition) is 3. The predicted octanol–water partition coefficient (Wildman–Crippen LogP) is 4.84. The van der Waals surface area contributed by atoms with Crippen LogP contribution in [0.1, 0.15) is 30.9 Å². The Labute approximate surface area is 165 Å². The number of nitrogens with zero attached hydrogens (tertiary/aromatic N) is 2. The van der Waals surface area contributed by atoms with Crippen LogP contribution >= 0.6 is 0 Å². The number of nitrogens with one attached hydrogen (secondary N) is 1. The van der Waals surface area contributed by atoms with Crippen molar-refractivity contribution in [2.24, 2.45) is 0 Å². The van der Waals surface area contributed by atoms with Crippen molar-refractivity contribution in [1.29, 1.82) is 0 Å². The third-order valence-electron chi connectivity index (χ3n) is 4.77. The highest BCUT2D eigenvalue weighted by molar-refractivity contribution is 5.98. The highest BCUT2D eigenvalue weighted by Crippen LogP contribution is 2.27. The molecule has 0 saturated heterocycles. The summed E-state index contributed by atoms with van der Waals surface area (Å²) in [6, 6.07) is 17.4. The maximum atomic E-state index is 13.3. The van der Waals surface area contributed by atoms with E-state index < -0.39 is 5.92 Å². The van der Waals surface area contributed by atoms with Gasteiger partial charge in [0.05, 0.1) is 5.92 Å². The molecule has 1 aromatic heterocycles. The molecule has 28 heavy (non-hydrogen) atoms. The van der Waals surface area contributed by atoms with Crippen LogP contribution in [0, 0.1) is 5.82 Å². The Balaban J connectivity index is 1.85. The van der Waals surface area contributed by atoms with Gasteiger partial charge in [-0.1, -0.05) is 12.1 Å². The van der Waals surface area contributed by atoms with Gasteiger partial charge in [-0.05, 0) is 73.5 Å². The molecule has 3 aromatic rings. The quantitative estimate of drug-likeness (QED) is 0.641. The van der Waals surface area contributed by atoms with Crippen LogP contribution in [-0.4, -0.2) is 24.0 Å². The summed E-state index contributed by atoms with van der Waals surface area (Å²) in [5, 5.41) is 2.98. The third-order valence-corrected chi connectivity index (χ3v) is 4.77. The van der Waals surface area contributed by atoms with Gasteiger partial charge in [0.2, 0.25) is 5.91 Å². The average molecular weight is 377 g/mol. The molecule has 0 bridgehead atoms. The van der Waals surface area contributed by atoms with E-state index in [-0.39, 0.29) is 11.7 Å². The Morgan fingerprint density at radius 3 is 2.07 bits per heavy atom. The van der Waals surface area contributed by atoms with E-state index in [4.69, 9.17) is 0 Å². The minimum absolute atomic E-state index is 0.173. The SMILES string of the molecule is CCN(CC)c1ccc(NC(=O)C(c2ccncc2)c2ccc(F)cc2)cc1. The lowest BCUT2D eigenvalue weighted by Gasteiger charge is -2.22. The molecule has 1 N–H and O–H groups in total. The second-order valence-electron chi connectivity index (χ2n) is 6.47. The van der Waals surface area contributed by atoms with Gasteiger partial charge in [0.15, 0.2) is 0 Å². The van der Waals surface area contributed by atoms with Crippen molar-refractivity contribution in [3.05, 3.63) is 90.0 Å². The number of carbonyl (C=O) groups is 1. The number of pyridine rings is 1. The van der Waals surface area contributed by atoms with Gasteiger partial charge in [-0.25, -0.2) is 4.39 Å². The smallest absolute Gasteiger partial charge is 0.236 e. The van der Waals surface area contributed by atoms with Gasteiger partial charge in [0.25, 0.3) is 0 Å². The summed E-state index contributed by atoms with van der Waals surface area (Å²) in [5.74, 6) is -1.05. The van der Waals surface area contributed by atoms with Crippen molar-refractivity contribution in [2.45, 2.75) is 19.8 Å². The lowest BCUT2D eigenvalue weighted by Crippen LogP contribution is -2.23. The van der Waals surface area contributed by atoms with E-state index in [0.29, 0.717) is 0 Å². The van der Waals surface area contributed by atoms with E-state index in [1.54, 1.807) is 36.7 Å². The van der Waals surface area contributed by atoms with Gasteiger partial charge in [0, 0.05) is 36.9 Å². The zero-order valence-corrected chi connectivity index (χ0v) is 16.1. The summed E-state index contributed by atoms with van der Waals surface area (Å²) in [5.41, 5.74) is 3.37. The van der Waals surface area contributed by atoms with E-state index in [9.17, 15) is 9.18 Å². The summed E-state index contributed by atoms with van der Waals surface area (Å²) < 4.78 is 13.3. The van der Waals surface area contributed by atoms with E-state index in [1.807, 2.05) is 24.3 Å². The molecule has 1 atom stereocenters. The van der Waals surface area contributed by atoms with Gasteiger partial charge in [-0.3, -0.25) is 9.78 Å². The highest BCUT2D eigenvalue weighted by Gasteiger charge is 2.23. The van der Waals surface area contributed by atoms with Gasteiger partial charge in [0.1, 0.15) is 5.82 Å². The molecule has 1 heterocycles. The Hall–Kier alpha value is -3.21.